The van der Waals surface area contributed by atoms with Gasteiger partial charge in [0, 0.05) is 12.1 Å². The first-order valence-electron chi connectivity index (χ1n) is 8.48. The number of nitrogens with zero attached hydrogens (tertiary/aromatic N) is 2. The summed E-state index contributed by atoms with van der Waals surface area (Å²) in [6.07, 6.45) is -7.18. The fraction of sp³-hybridized carbons (Fsp3) is 0.556. The molecule has 0 aromatic heterocycles. The molecule has 0 aliphatic carbocycles. The van der Waals surface area contributed by atoms with Gasteiger partial charge >= 0.3 is 18.4 Å². The van der Waals surface area contributed by atoms with Crippen LogP contribution in [0.1, 0.15) is 52.7 Å². The maximum absolute atomic E-state index is 13.1. The summed E-state index contributed by atoms with van der Waals surface area (Å²) in [5, 5.41) is 11.0. The number of hydrogen-bond acceptors (Lipinski definition) is 6. The SMILES string of the molecule is CC(C)(C)OC(=O)N(Cc1cc([N+](=O)[O-])cc(C(F)(F)F)c1)C(=O)OC(C)(C)C. The highest BCUT2D eigenvalue weighted by atomic mass is 19.4. The quantitative estimate of drug-likeness (QED) is 0.487. The van der Waals surface area contributed by atoms with Gasteiger partial charge in [-0.05, 0) is 53.2 Å². The fourth-order valence-electron chi connectivity index (χ4n) is 2.05. The van der Waals surface area contributed by atoms with Crippen LogP contribution in [0.25, 0.3) is 0 Å². The predicted molar refractivity (Wildman–Crippen MR) is 96.1 cm³/mol. The lowest BCUT2D eigenvalue weighted by Crippen LogP contribution is -2.43. The molecule has 2 amide bonds. The van der Waals surface area contributed by atoms with Gasteiger partial charge in [0.2, 0.25) is 0 Å². The minimum absolute atomic E-state index is 0.289. The summed E-state index contributed by atoms with van der Waals surface area (Å²) in [4.78, 5) is 35.3. The lowest BCUT2D eigenvalue weighted by Gasteiger charge is -2.28. The van der Waals surface area contributed by atoms with Crippen molar-refractivity contribution >= 4 is 17.9 Å². The van der Waals surface area contributed by atoms with E-state index in [4.69, 9.17) is 9.47 Å². The second kappa shape index (κ2) is 8.26. The Labute approximate surface area is 165 Å². The van der Waals surface area contributed by atoms with Crippen molar-refractivity contribution in [2.45, 2.75) is 65.5 Å². The third kappa shape index (κ3) is 7.96. The van der Waals surface area contributed by atoms with Gasteiger partial charge in [0.05, 0.1) is 17.0 Å². The molecule has 29 heavy (non-hydrogen) atoms. The Bertz CT molecular complexity index is 766. The molecule has 0 radical (unpaired) electrons. The number of halogens is 3. The first kappa shape index (κ1) is 24.2. The number of alkyl halides is 3. The predicted octanol–water partition coefficient (Wildman–Crippen LogP) is 5.29. The molecule has 0 aliphatic heterocycles. The average Bonchev–Trinajstić information content (AvgIpc) is 2.47. The molecule has 8 nitrogen and oxygen atoms in total. The number of carbonyl (C=O) groups is 2. The van der Waals surface area contributed by atoms with Crippen LogP contribution in [-0.2, 0) is 22.2 Å². The van der Waals surface area contributed by atoms with Crippen molar-refractivity contribution in [3.8, 4) is 0 Å². The largest absolute Gasteiger partial charge is 0.443 e. The van der Waals surface area contributed by atoms with E-state index >= 15 is 0 Å². The van der Waals surface area contributed by atoms with Crippen molar-refractivity contribution in [3.63, 3.8) is 0 Å². The number of non-ortho nitro benzene ring substituents is 1. The van der Waals surface area contributed by atoms with Crippen LogP contribution in [0.4, 0.5) is 28.4 Å². The highest BCUT2D eigenvalue weighted by Gasteiger charge is 2.35. The molecule has 11 heteroatoms. The summed E-state index contributed by atoms with van der Waals surface area (Å²) >= 11 is 0. The van der Waals surface area contributed by atoms with Crippen molar-refractivity contribution in [2.24, 2.45) is 0 Å². The molecular weight excluding hydrogens is 397 g/mol. The maximum atomic E-state index is 13.1. The molecular formula is C18H23F3N2O6. The van der Waals surface area contributed by atoms with E-state index in [-0.39, 0.29) is 5.56 Å². The van der Waals surface area contributed by atoms with Gasteiger partial charge in [-0.3, -0.25) is 10.1 Å². The van der Waals surface area contributed by atoms with Crippen LogP contribution in [0, 0.1) is 10.1 Å². The summed E-state index contributed by atoms with van der Waals surface area (Å²) in [6, 6.07) is 1.83. The van der Waals surface area contributed by atoms with Crippen LogP contribution >= 0.6 is 0 Å². The fourth-order valence-corrected chi connectivity index (χ4v) is 2.05. The molecule has 0 fully saturated rings. The van der Waals surface area contributed by atoms with Gasteiger partial charge in [-0.25, -0.2) is 14.5 Å². The number of hydrogen-bond donors (Lipinski definition) is 0. The molecule has 0 unspecified atom stereocenters. The molecule has 0 atom stereocenters. The first-order chi connectivity index (χ1) is 12.9. The number of imide groups is 1. The molecule has 0 saturated carbocycles. The van der Waals surface area contributed by atoms with E-state index in [1.165, 1.54) is 41.5 Å². The van der Waals surface area contributed by atoms with Crippen molar-refractivity contribution in [2.75, 3.05) is 0 Å². The zero-order valence-electron chi connectivity index (χ0n) is 16.9. The Hall–Kier alpha value is -2.85. The molecule has 0 saturated heterocycles. The standard InChI is InChI=1S/C18H23F3N2O6/c1-16(2,3)28-14(24)22(15(25)29-17(4,5)6)10-11-7-12(18(19,20)21)9-13(8-11)23(26)27/h7-9H,10H2,1-6H3. The number of amides is 2. The Morgan fingerprint density at radius 3 is 1.76 bits per heavy atom. The van der Waals surface area contributed by atoms with Gasteiger partial charge in [-0.15, -0.1) is 0 Å². The summed E-state index contributed by atoms with van der Waals surface area (Å²) in [5.41, 5.74) is -4.41. The highest BCUT2D eigenvalue weighted by Crippen LogP contribution is 2.33. The zero-order valence-corrected chi connectivity index (χ0v) is 16.9. The summed E-state index contributed by atoms with van der Waals surface area (Å²) in [7, 11) is 0. The lowest BCUT2D eigenvalue weighted by atomic mass is 10.1. The van der Waals surface area contributed by atoms with Crippen molar-refractivity contribution in [1.82, 2.24) is 4.90 Å². The third-order valence-corrected chi connectivity index (χ3v) is 3.08. The topological polar surface area (TPSA) is 99.0 Å². The van der Waals surface area contributed by atoms with E-state index in [1.54, 1.807) is 0 Å². The number of rotatable bonds is 3. The van der Waals surface area contributed by atoms with Crippen molar-refractivity contribution in [1.29, 1.82) is 0 Å². The summed E-state index contributed by atoms with van der Waals surface area (Å²) in [5.74, 6) is 0. The van der Waals surface area contributed by atoms with Crippen LogP contribution in [0.15, 0.2) is 18.2 Å². The zero-order chi connectivity index (χ0) is 22.8. The third-order valence-electron chi connectivity index (χ3n) is 3.08. The summed E-state index contributed by atoms with van der Waals surface area (Å²) < 4.78 is 49.5. The second-order valence-electron chi connectivity index (χ2n) is 8.19. The Balaban J connectivity index is 3.37. The number of nitro benzene ring substituents is 1. The molecule has 1 aromatic rings. The Morgan fingerprint density at radius 1 is 0.966 bits per heavy atom. The average molecular weight is 420 g/mol. The van der Waals surface area contributed by atoms with E-state index in [1.807, 2.05) is 0 Å². The molecule has 0 bridgehead atoms. The number of carbonyl (C=O) groups excluding carboxylic acids is 2. The van der Waals surface area contributed by atoms with Gasteiger partial charge in [-0.1, -0.05) is 0 Å². The number of benzene rings is 1. The van der Waals surface area contributed by atoms with Gasteiger partial charge in [-0.2, -0.15) is 13.2 Å². The molecule has 1 rings (SSSR count). The van der Waals surface area contributed by atoms with Crippen LogP contribution in [0.5, 0.6) is 0 Å². The van der Waals surface area contributed by atoms with E-state index in [0.29, 0.717) is 17.0 Å². The van der Waals surface area contributed by atoms with Crippen LogP contribution < -0.4 is 0 Å². The van der Waals surface area contributed by atoms with Gasteiger partial charge in [0.25, 0.3) is 5.69 Å². The Morgan fingerprint density at radius 2 is 1.41 bits per heavy atom. The molecule has 162 valence electrons. The smallest absolute Gasteiger partial charge is 0.420 e. The molecule has 0 spiro atoms. The van der Waals surface area contributed by atoms with E-state index in [9.17, 15) is 32.9 Å². The number of nitro groups is 1. The van der Waals surface area contributed by atoms with Crippen LogP contribution in [0.2, 0.25) is 0 Å². The minimum atomic E-state index is -4.86. The van der Waals surface area contributed by atoms with E-state index in [2.05, 4.69) is 0 Å². The van der Waals surface area contributed by atoms with Gasteiger partial charge in [0.1, 0.15) is 11.2 Å². The van der Waals surface area contributed by atoms with Crippen molar-refractivity contribution in [3.05, 3.63) is 39.4 Å². The minimum Gasteiger partial charge on any atom is -0.443 e. The lowest BCUT2D eigenvalue weighted by molar-refractivity contribution is -0.385. The van der Waals surface area contributed by atoms with Crippen LogP contribution in [0.3, 0.4) is 0 Å². The maximum Gasteiger partial charge on any atom is 0.420 e. The second-order valence-corrected chi connectivity index (χ2v) is 8.19. The molecule has 1 aromatic carbocycles. The summed E-state index contributed by atoms with van der Waals surface area (Å²) in [6.45, 7) is 8.50. The monoisotopic (exact) mass is 420 g/mol. The van der Waals surface area contributed by atoms with E-state index in [0.717, 1.165) is 6.07 Å². The molecule has 0 aliphatic rings. The number of ether oxygens (including phenoxy) is 2. The Kier molecular flexibility index (Phi) is 6.89. The highest BCUT2D eigenvalue weighted by molar-refractivity contribution is 5.88. The van der Waals surface area contributed by atoms with Crippen LogP contribution in [-0.4, -0.2) is 33.2 Å². The van der Waals surface area contributed by atoms with Gasteiger partial charge < -0.3 is 9.47 Å². The normalized spacial score (nSPS) is 12.3. The van der Waals surface area contributed by atoms with Gasteiger partial charge in [0.15, 0.2) is 0 Å². The van der Waals surface area contributed by atoms with Crippen molar-refractivity contribution < 1.29 is 37.2 Å². The molecule has 0 heterocycles. The first-order valence-corrected chi connectivity index (χ1v) is 8.48. The molecule has 0 N–H and O–H groups in total. The van der Waals surface area contributed by atoms with E-state index < -0.39 is 52.3 Å².